The maximum atomic E-state index is 12.9. The van der Waals surface area contributed by atoms with Gasteiger partial charge in [-0.05, 0) is 174 Å². The van der Waals surface area contributed by atoms with Crippen molar-refractivity contribution in [3.8, 4) is 0 Å². The van der Waals surface area contributed by atoms with E-state index in [1.807, 2.05) is 41.2 Å². The lowest BCUT2D eigenvalue weighted by atomic mass is 10.2. The molecule has 0 aromatic carbocycles. The molecule has 0 fully saturated rings. The molecule has 4 atom stereocenters. The molecule has 23 heteroatoms. The zero-order valence-corrected chi connectivity index (χ0v) is 56.1. The van der Waals surface area contributed by atoms with Gasteiger partial charge in [-0.1, -0.05) is 24.3 Å². The monoisotopic (exact) mass is 1290 g/mol. The number of carbonyl (C=O) groups excluding carboxylic acids is 8. The summed E-state index contributed by atoms with van der Waals surface area (Å²) in [4.78, 5) is 107. The van der Waals surface area contributed by atoms with Crippen LogP contribution in [0.5, 0.6) is 0 Å². The Morgan fingerprint density at radius 1 is 0.326 bits per heavy atom. The molecule has 0 N–H and O–H groups in total. The van der Waals surface area contributed by atoms with Gasteiger partial charge in [-0.3, -0.25) is 38.4 Å². The highest BCUT2D eigenvalue weighted by atomic mass is 32.2. The number of thioether (sulfide) groups is 4. The quantitative estimate of drug-likeness (QED) is 0.0239. The van der Waals surface area contributed by atoms with Crippen molar-refractivity contribution in [2.45, 2.75) is 164 Å². The van der Waals surface area contributed by atoms with Crippen molar-refractivity contribution in [2.75, 3.05) is 135 Å². The number of nitrogens with zero attached hydrogens (tertiary/aromatic N) is 3. The molecule has 0 aromatic heterocycles. The van der Waals surface area contributed by atoms with Crippen LogP contribution in [-0.2, 0) is 76.3 Å². The molecular formula is C63H107N3O16S4. The topological polar surface area (TPSA) is 220 Å². The number of carbonyl (C=O) groups is 8. The van der Waals surface area contributed by atoms with Crippen LogP contribution >= 0.6 is 47.0 Å². The first kappa shape index (κ1) is 82.0. The first-order valence-electron chi connectivity index (χ1n) is 30.8. The van der Waals surface area contributed by atoms with Crippen LogP contribution in [0.2, 0.25) is 0 Å². The molecule has 0 aliphatic carbocycles. The van der Waals surface area contributed by atoms with Gasteiger partial charge in [0.05, 0.1) is 46.7 Å². The lowest BCUT2D eigenvalue weighted by Gasteiger charge is -2.25. The van der Waals surface area contributed by atoms with E-state index in [9.17, 15) is 38.4 Å². The lowest BCUT2D eigenvalue weighted by Crippen LogP contribution is -2.34. The number of hydrogen-bond donors (Lipinski definition) is 0. The second kappa shape index (κ2) is 57.4. The van der Waals surface area contributed by atoms with Crippen LogP contribution in [0.4, 0.5) is 0 Å². The Labute approximate surface area is 533 Å². The van der Waals surface area contributed by atoms with Crippen LogP contribution in [0.1, 0.15) is 143 Å². The van der Waals surface area contributed by atoms with Gasteiger partial charge in [0.15, 0.2) is 0 Å². The molecule has 0 aliphatic heterocycles. The fourth-order valence-electron chi connectivity index (χ4n) is 7.73. The van der Waals surface area contributed by atoms with Gasteiger partial charge in [0.25, 0.3) is 0 Å². The molecule has 4 unspecified atom stereocenters. The summed E-state index contributed by atoms with van der Waals surface area (Å²) in [5.41, 5.74) is 0. The van der Waals surface area contributed by atoms with Gasteiger partial charge in [0.1, 0.15) is 52.9 Å². The minimum Gasteiger partial charge on any atom is -0.462 e. The first-order chi connectivity index (χ1) is 41.5. The summed E-state index contributed by atoms with van der Waals surface area (Å²) in [6.07, 6.45) is 20.7. The maximum absolute atomic E-state index is 12.9. The van der Waals surface area contributed by atoms with Crippen molar-refractivity contribution in [1.29, 1.82) is 0 Å². The molecule has 0 amide bonds. The van der Waals surface area contributed by atoms with E-state index in [-0.39, 0.29) is 123 Å². The van der Waals surface area contributed by atoms with Crippen molar-refractivity contribution < 1.29 is 76.3 Å². The molecule has 0 aliphatic rings. The zero-order chi connectivity index (χ0) is 63.8. The third-order valence-electron chi connectivity index (χ3n) is 12.9. The fraction of sp³-hybridized carbons (Fsp3) is 0.746. The third-order valence-corrected chi connectivity index (χ3v) is 17.8. The van der Waals surface area contributed by atoms with Gasteiger partial charge >= 0.3 is 47.8 Å². The molecule has 0 heterocycles. The SMILES string of the molecule is C=CCCCCSC(C)C(=O)OCCOC(=O)CCN(CCCN(C)CCCN(CCC(=O)OCCOC(=O)C(C)SCCCCC=C)CCC(=O)OCCOC(=O)C(C)SCCCCC=C)CCC(=O)OCCOC(=O)C(C)SCCCCC=C. The molecule has 0 radical (unpaired) electrons. The highest BCUT2D eigenvalue weighted by Crippen LogP contribution is 2.18. The Hall–Kier alpha value is -4.00. The molecule has 19 nitrogen and oxygen atoms in total. The number of rotatable bonds is 60. The van der Waals surface area contributed by atoms with Crippen LogP contribution in [0.3, 0.4) is 0 Å². The predicted molar refractivity (Wildman–Crippen MR) is 350 cm³/mol. The van der Waals surface area contributed by atoms with E-state index in [4.69, 9.17) is 37.9 Å². The molecule has 0 rings (SSSR count). The van der Waals surface area contributed by atoms with Crippen molar-refractivity contribution in [3.05, 3.63) is 50.6 Å². The maximum Gasteiger partial charge on any atom is 0.318 e. The number of ether oxygens (including phenoxy) is 8. The van der Waals surface area contributed by atoms with Gasteiger partial charge in [-0.15, -0.1) is 73.4 Å². The van der Waals surface area contributed by atoms with E-state index < -0.39 is 23.9 Å². The minimum atomic E-state index is -0.467. The Balaban J connectivity index is 5.46. The summed E-state index contributed by atoms with van der Waals surface area (Å²) in [7, 11) is 1.98. The fourth-order valence-corrected chi connectivity index (χ4v) is 11.4. The van der Waals surface area contributed by atoms with E-state index >= 15 is 0 Å². The van der Waals surface area contributed by atoms with E-state index in [1.165, 1.54) is 47.0 Å². The summed E-state index contributed by atoms with van der Waals surface area (Å²) in [6.45, 7) is 25.2. The highest BCUT2D eigenvalue weighted by molar-refractivity contribution is 8.01. The first-order valence-corrected chi connectivity index (χ1v) is 35.0. The van der Waals surface area contributed by atoms with Crippen LogP contribution in [0, 0.1) is 0 Å². The van der Waals surface area contributed by atoms with Crippen molar-refractivity contribution >= 4 is 94.8 Å². The van der Waals surface area contributed by atoms with Crippen LogP contribution < -0.4 is 0 Å². The second-order valence-corrected chi connectivity index (χ2v) is 26.2. The van der Waals surface area contributed by atoms with E-state index in [0.29, 0.717) is 65.2 Å². The molecule has 0 aromatic rings. The van der Waals surface area contributed by atoms with Crippen LogP contribution in [0.25, 0.3) is 0 Å². The molecule has 0 saturated carbocycles. The van der Waals surface area contributed by atoms with Crippen LogP contribution in [-0.4, -0.2) is 219 Å². The number of unbranched alkanes of at least 4 members (excludes halogenated alkanes) is 8. The number of esters is 8. The van der Waals surface area contributed by atoms with Gasteiger partial charge in [-0.25, -0.2) is 0 Å². The molecular weight excluding hydrogens is 1180 g/mol. The Bertz CT molecular complexity index is 1650. The molecule has 0 spiro atoms. The summed E-state index contributed by atoms with van der Waals surface area (Å²) in [5, 5.41) is -1.35. The van der Waals surface area contributed by atoms with Gasteiger partial charge in [0.2, 0.25) is 0 Å². The Morgan fingerprint density at radius 2 is 0.547 bits per heavy atom. The van der Waals surface area contributed by atoms with E-state index in [0.717, 1.165) is 100 Å². The van der Waals surface area contributed by atoms with Crippen molar-refractivity contribution in [2.24, 2.45) is 0 Å². The molecule has 0 bridgehead atoms. The Morgan fingerprint density at radius 3 is 0.767 bits per heavy atom. The lowest BCUT2D eigenvalue weighted by molar-refractivity contribution is -0.152. The second-order valence-electron chi connectivity index (χ2n) is 20.4. The molecule has 0 saturated heterocycles. The third kappa shape index (κ3) is 49.9. The standard InChI is InChI=1S/C63H107N3O16S4/c1-10-14-18-22-48-83-52(5)60(71)79-44-40-75-56(67)28-36-65(37-29-57(68)76-41-45-80-61(72)53(6)84-49-23-19-15-11-2)34-26-32-64(9)33-27-35-66(38-30-58(69)77-42-46-81-62(73)54(7)85-50-24-20-16-12-3)39-31-59(70)78-43-47-82-63(74)55(8)86-51-25-21-17-13-4/h10-13,52-55H,1-4,14-51H2,5-9H3. The average molecular weight is 1290 g/mol. The summed E-state index contributed by atoms with van der Waals surface area (Å²) in [6, 6.07) is 0. The number of allylic oxidation sites excluding steroid dienone is 4. The summed E-state index contributed by atoms with van der Waals surface area (Å²) < 4.78 is 42.9. The minimum absolute atomic E-state index is 0.0411. The van der Waals surface area contributed by atoms with E-state index in [2.05, 4.69) is 31.2 Å². The van der Waals surface area contributed by atoms with Gasteiger partial charge < -0.3 is 52.6 Å². The van der Waals surface area contributed by atoms with Crippen LogP contribution in [0.15, 0.2) is 50.6 Å². The van der Waals surface area contributed by atoms with Crippen molar-refractivity contribution in [3.63, 3.8) is 0 Å². The smallest absolute Gasteiger partial charge is 0.318 e. The Kier molecular flexibility index (Phi) is 54.8. The average Bonchev–Trinajstić information content (AvgIpc) is 3.51. The highest BCUT2D eigenvalue weighted by Gasteiger charge is 2.20. The summed E-state index contributed by atoms with van der Waals surface area (Å²) in [5.74, 6) is 0.0210. The number of hydrogen-bond acceptors (Lipinski definition) is 23. The largest absolute Gasteiger partial charge is 0.462 e. The molecule has 86 heavy (non-hydrogen) atoms. The molecule has 494 valence electrons. The van der Waals surface area contributed by atoms with E-state index in [1.54, 1.807) is 27.7 Å². The predicted octanol–water partition coefficient (Wildman–Crippen LogP) is 10.1. The van der Waals surface area contributed by atoms with Crippen molar-refractivity contribution in [1.82, 2.24) is 14.7 Å². The zero-order valence-electron chi connectivity index (χ0n) is 52.8. The summed E-state index contributed by atoms with van der Waals surface area (Å²) >= 11 is 6.09. The van der Waals surface area contributed by atoms with Gasteiger partial charge in [-0.2, -0.15) is 0 Å². The van der Waals surface area contributed by atoms with Gasteiger partial charge in [0, 0.05) is 26.2 Å². The normalized spacial score (nSPS) is 12.6.